The van der Waals surface area contributed by atoms with Gasteiger partial charge in [0, 0.05) is 34.6 Å². The molecule has 0 saturated carbocycles. The van der Waals surface area contributed by atoms with Crippen molar-refractivity contribution in [3.05, 3.63) is 104 Å². The van der Waals surface area contributed by atoms with E-state index in [4.69, 9.17) is 29.0 Å². The molecule has 10 heteroatoms. The fraction of sp³-hybridized carbons (Fsp3) is 0.120. The number of nitrogens with zero attached hydrogens (tertiary/aromatic N) is 1. The van der Waals surface area contributed by atoms with Crippen LogP contribution in [0.3, 0.4) is 0 Å². The van der Waals surface area contributed by atoms with Gasteiger partial charge >= 0.3 is 0 Å². The molecular weight excluding hydrogens is 540 g/mol. The summed E-state index contributed by atoms with van der Waals surface area (Å²) in [5, 5.41) is 7.84. The highest BCUT2D eigenvalue weighted by molar-refractivity contribution is 7.89. The van der Waals surface area contributed by atoms with Gasteiger partial charge in [-0.05, 0) is 59.5 Å². The molecule has 0 saturated heterocycles. The van der Waals surface area contributed by atoms with Crippen molar-refractivity contribution in [2.45, 2.75) is 17.9 Å². The lowest BCUT2D eigenvalue weighted by Gasteiger charge is -2.23. The molecule has 3 aromatic carbocycles. The number of benzene rings is 3. The normalized spacial score (nSPS) is 11.4. The van der Waals surface area contributed by atoms with Crippen LogP contribution in [0.4, 0.5) is 0 Å². The van der Waals surface area contributed by atoms with Crippen LogP contribution in [0.1, 0.15) is 21.5 Å². The van der Waals surface area contributed by atoms with Gasteiger partial charge < -0.3 is 4.90 Å². The van der Waals surface area contributed by atoms with Crippen molar-refractivity contribution >= 4 is 60.4 Å². The molecule has 35 heavy (non-hydrogen) atoms. The molecule has 5 nitrogen and oxygen atoms in total. The third kappa shape index (κ3) is 6.63. The molecule has 0 unspecified atom stereocenters. The first-order valence-electron chi connectivity index (χ1n) is 10.5. The lowest BCUT2D eigenvalue weighted by molar-refractivity contribution is 0.0745. The number of sulfonamides is 1. The number of nitrogens with two attached hydrogens (primary N) is 1. The van der Waals surface area contributed by atoms with Crippen molar-refractivity contribution in [1.29, 1.82) is 0 Å². The minimum atomic E-state index is -3.75. The molecule has 0 atom stereocenters. The van der Waals surface area contributed by atoms with Crippen molar-refractivity contribution < 1.29 is 13.2 Å². The van der Waals surface area contributed by atoms with E-state index in [-0.39, 0.29) is 10.8 Å². The summed E-state index contributed by atoms with van der Waals surface area (Å²) in [5.41, 5.74) is 4.44. The van der Waals surface area contributed by atoms with Gasteiger partial charge in [0.2, 0.25) is 10.0 Å². The van der Waals surface area contributed by atoms with Crippen molar-refractivity contribution in [3.63, 3.8) is 0 Å². The lowest BCUT2D eigenvalue weighted by Crippen LogP contribution is -2.32. The zero-order valence-corrected chi connectivity index (χ0v) is 22.4. The Morgan fingerprint density at radius 2 is 1.57 bits per heavy atom. The smallest absolute Gasteiger partial charge is 0.254 e. The summed E-state index contributed by atoms with van der Waals surface area (Å²) in [6.45, 7) is 0.857. The zero-order chi connectivity index (χ0) is 25.0. The van der Waals surface area contributed by atoms with E-state index in [1.807, 2.05) is 41.8 Å². The SMILES string of the molecule is NS(=O)(=O)c1ccc(CCN(Cc2ccc(Cl)cc2)C(=O)c2ccc(-c3cssc3=S)cc2)cc1. The summed E-state index contributed by atoms with van der Waals surface area (Å²) < 4.78 is 23.9. The van der Waals surface area contributed by atoms with Gasteiger partial charge in [0.05, 0.1) is 4.90 Å². The molecule has 0 fully saturated rings. The number of amides is 1. The number of carbonyl (C=O) groups excluding carboxylic acids is 1. The Hall–Kier alpha value is -2.40. The highest BCUT2D eigenvalue weighted by Crippen LogP contribution is 2.28. The van der Waals surface area contributed by atoms with Crippen molar-refractivity contribution in [2.24, 2.45) is 5.14 Å². The number of halogens is 1. The van der Waals surface area contributed by atoms with Crippen LogP contribution in [0.2, 0.25) is 5.02 Å². The largest absolute Gasteiger partial charge is 0.334 e. The lowest BCUT2D eigenvalue weighted by atomic mass is 10.1. The van der Waals surface area contributed by atoms with Crippen LogP contribution in [-0.4, -0.2) is 25.8 Å². The fourth-order valence-electron chi connectivity index (χ4n) is 3.54. The van der Waals surface area contributed by atoms with Crippen LogP contribution >= 0.6 is 44.5 Å². The molecule has 0 aliphatic carbocycles. The first-order chi connectivity index (χ1) is 16.7. The highest BCUT2D eigenvalue weighted by atomic mass is 35.5. The van der Waals surface area contributed by atoms with E-state index in [0.29, 0.717) is 30.1 Å². The topological polar surface area (TPSA) is 80.5 Å². The van der Waals surface area contributed by atoms with Crippen LogP contribution < -0.4 is 5.14 Å². The average Bonchev–Trinajstić information content (AvgIpc) is 3.28. The molecule has 4 rings (SSSR count). The molecule has 1 heterocycles. The fourth-order valence-corrected chi connectivity index (χ4v) is 6.58. The van der Waals surface area contributed by atoms with Gasteiger partial charge in [0.1, 0.15) is 3.82 Å². The van der Waals surface area contributed by atoms with E-state index < -0.39 is 10.0 Å². The van der Waals surface area contributed by atoms with Gasteiger partial charge in [-0.25, -0.2) is 13.6 Å². The summed E-state index contributed by atoms with van der Waals surface area (Å²) in [4.78, 5) is 15.3. The van der Waals surface area contributed by atoms with Gasteiger partial charge in [0.25, 0.3) is 5.91 Å². The molecule has 2 N–H and O–H groups in total. The Kier molecular flexibility index (Phi) is 8.16. The zero-order valence-electron chi connectivity index (χ0n) is 18.4. The third-order valence-electron chi connectivity index (χ3n) is 5.45. The second kappa shape index (κ2) is 11.1. The van der Waals surface area contributed by atoms with E-state index in [1.54, 1.807) is 49.8 Å². The van der Waals surface area contributed by atoms with Crippen molar-refractivity contribution in [1.82, 2.24) is 4.90 Å². The molecule has 180 valence electrons. The molecule has 1 amide bonds. The quantitative estimate of drug-likeness (QED) is 0.200. The summed E-state index contributed by atoms with van der Waals surface area (Å²) in [7, 11) is -0.595. The average molecular weight is 561 g/mol. The van der Waals surface area contributed by atoms with Crippen LogP contribution in [0.15, 0.2) is 83.1 Å². The standard InChI is InChI=1S/C25H21ClN2O3S4/c26-21-9-1-18(2-10-21)15-28(14-13-17-3-11-22(12-4-17)35(27,30)31)24(29)20-7-5-19(6-8-20)23-16-33-34-25(23)32/h1-12,16H,13-15H2,(H2,27,30,31). The van der Waals surface area contributed by atoms with Crippen molar-refractivity contribution in [2.75, 3.05) is 6.54 Å². The summed E-state index contributed by atoms with van der Waals surface area (Å²) in [6, 6.07) is 21.3. The van der Waals surface area contributed by atoms with Gasteiger partial charge in [-0.3, -0.25) is 4.79 Å². The molecule has 0 aliphatic heterocycles. The Bertz CT molecular complexity index is 1480. The van der Waals surface area contributed by atoms with Gasteiger partial charge in [0.15, 0.2) is 0 Å². The molecule has 0 bridgehead atoms. The molecule has 0 spiro atoms. The van der Waals surface area contributed by atoms with Crippen LogP contribution in [0, 0.1) is 3.82 Å². The summed E-state index contributed by atoms with van der Waals surface area (Å²) in [6.07, 6.45) is 0.553. The van der Waals surface area contributed by atoms with Crippen LogP contribution in [0.5, 0.6) is 0 Å². The van der Waals surface area contributed by atoms with Crippen LogP contribution in [-0.2, 0) is 23.0 Å². The maximum atomic E-state index is 13.5. The summed E-state index contributed by atoms with van der Waals surface area (Å²) >= 11 is 11.4. The highest BCUT2D eigenvalue weighted by Gasteiger charge is 2.17. The molecule has 1 aromatic heterocycles. The Morgan fingerprint density at radius 1 is 0.943 bits per heavy atom. The van der Waals surface area contributed by atoms with Gasteiger partial charge in [-0.1, -0.05) is 80.9 Å². The first-order valence-corrected chi connectivity index (χ1v) is 15.1. The Labute approximate surface area is 221 Å². The Balaban J connectivity index is 1.54. The number of rotatable bonds is 8. The van der Waals surface area contributed by atoms with E-state index in [2.05, 4.69) is 0 Å². The number of carbonyl (C=O) groups is 1. The second-order valence-corrected chi connectivity index (χ2v) is 12.6. The molecule has 0 radical (unpaired) electrons. The van der Waals surface area contributed by atoms with E-state index >= 15 is 0 Å². The molecule has 4 aromatic rings. The van der Waals surface area contributed by atoms with Crippen LogP contribution in [0.25, 0.3) is 11.1 Å². The van der Waals surface area contributed by atoms with Crippen molar-refractivity contribution in [3.8, 4) is 11.1 Å². The monoisotopic (exact) mass is 560 g/mol. The van der Waals surface area contributed by atoms with E-state index in [0.717, 1.165) is 26.1 Å². The van der Waals surface area contributed by atoms with E-state index in [9.17, 15) is 13.2 Å². The van der Waals surface area contributed by atoms with Gasteiger partial charge in [-0.2, -0.15) is 0 Å². The predicted molar refractivity (Wildman–Crippen MR) is 146 cm³/mol. The van der Waals surface area contributed by atoms with E-state index in [1.165, 1.54) is 12.1 Å². The molecular formula is C25H21ClN2O3S4. The predicted octanol–water partition coefficient (Wildman–Crippen LogP) is 6.39. The maximum absolute atomic E-state index is 13.5. The number of primary sulfonamides is 1. The first kappa shape index (κ1) is 25.7. The number of hydrogen-bond donors (Lipinski definition) is 1. The third-order valence-corrected chi connectivity index (χ3v) is 9.29. The minimum Gasteiger partial charge on any atom is -0.334 e. The Morgan fingerprint density at radius 3 is 2.14 bits per heavy atom. The van der Waals surface area contributed by atoms with Gasteiger partial charge in [-0.15, -0.1) is 0 Å². The summed E-state index contributed by atoms with van der Waals surface area (Å²) in [5.74, 6) is -0.0978. The second-order valence-electron chi connectivity index (χ2n) is 7.87. The molecule has 0 aliphatic rings. The number of hydrogen-bond acceptors (Lipinski definition) is 6. The maximum Gasteiger partial charge on any atom is 0.254 e. The minimum absolute atomic E-state index is 0.0593.